The van der Waals surface area contributed by atoms with Crippen LogP contribution >= 0.6 is 11.3 Å². The zero-order valence-corrected chi connectivity index (χ0v) is 10.3. The predicted molar refractivity (Wildman–Crippen MR) is 61.6 cm³/mol. The molecule has 1 aromatic heterocycles. The molecule has 86 valence electrons. The van der Waals surface area contributed by atoms with Crippen molar-refractivity contribution in [3.8, 4) is 5.75 Å². The molecule has 3 nitrogen and oxygen atoms in total. The van der Waals surface area contributed by atoms with Gasteiger partial charge in [0.15, 0.2) is 6.29 Å². The van der Waals surface area contributed by atoms with Crippen LogP contribution in [0.5, 0.6) is 5.75 Å². The zero-order valence-electron chi connectivity index (χ0n) is 9.49. The Bertz CT molecular complexity index is 267. The van der Waals surface area contributed by atoms with E-state index in [0.29, 0.717) is 19.8 Å². The van der Waals surface area contributed by atoms with Crippen LogP contribution in [0.25, 0.3) is 0 Å². The highest BCUT2D eigenvalue weighted by molar-refractivity contribution is 7.10. The lowest BCUT2D eigenvalue weighted by Crippen LogP contribution is -2.25. The summed E-state index contributed by atoms with van der Waals surface area (Å²) >= 11 is 1.68. The standard InChI is InChI=1S/C11H18O3S/c1-4-12-11(13-5-2)7-14-10-6-9(3)15-8-10/h6,8,11H,4-5,7H2,1-3H3. The third-order valence-corrected chi connectivity index (χ3v) is 2.64. The van der Waals surface area contributed by atoms with E-state index in [1.165, 1.54) is 4.88 Å². The molecule has 0 radical (unpaired) electrons. The van der Waals surface area contributed by atoms with Gasteiger partial charge < -0.3 is 14.2 Å². The van der Waals surface area contributed by atoms with E-state index in [4.69, 9.17) is 14.2 Å². The molecule has 0 N–H and O–H groups in total. The quantitative estimate of drug-likeness (QED) is 0.674. The third kappa shape index (κ3) is 4.64. The van der Waals surface area contributed by atoms with Crippen LogP contribution in [0.15, 0.2) is 11.4 Å². The van der Waals surface area contributed by atoms with Gasteiger partial charge in [0.25, 0.3) is 0 Å². The Kier molecular flexibility index (Phi) is 5.68. The average molecular weight is 230 g/mol. The second-order valence-electron chi connectivity index (χ2n) is 3.04. The smallest absolute Gasteiger partial charge is 0.191 e. The molecular weight excluding hydrogens is 212 g/mol. The van der Waals surface area contributed by atoms with Crippen molar-refractivity contribution in [1.29, 1.82) is 0 Å². The minimum absolute atomic E-state index is 0.264. The summed E-state index contributed by atoms with van der Waals surface area (Å²) in [6, 6.07) is 2.01. The number of ether oxygens (including phenoxy) is 3. The molecule has 0 bridgehead atoms. The zero-order chi connectivity index (χ0) is 11.1. The van der Waals surface area contributed by atoms with E-state index in [1.807, 2.05) is 25.3 Å². The van der Waals surface area contributed by atoms with E-state index in [0.717, 1.165) is 5.75 Å². The Balaban J connectivity index is 2.32. The summed E-state index contributed by atoms with van der Waals surface area (Å²) in [5, 5.41) is 1.99. The number of aryl methyl sites for hydroxylation is 1. The average Bonchev–Trinajstić information content (AvgIpc) is 2.61. The Labute approximate surface area is 95.0 Å². The van der Waals surface area contributed by atoms with Gasteiger partial charge in [0.2, 0.25) is 0 Å². The van der Waals surface area contributed by atoms with Crippen molar-refractivity contribution in [3.05, 3.63) is 16.3 Å². The number of hydrogen-bond acceptors (Lipinski definition) is 4. The Hall–Kier alpha value is -0.580. The van der Waals surface area contributed by atoms with Gasteiger partial charge in [-0.15, -0.1) is 11.3 Å². The highest BCUT2D eigenvalue weighted by atomic mass is 32.1. The van der Waals surface area contributed by atoms with E-state index in [2.05, 4.69) is 6.92 Å². The highest BCUT2D eigenvalue weighted by Crippen LogP contribution is 2.20. The van der Waals surface area contributed by atoms with Gasteiger partial charge in [0.05, 0.1) is 0 Å². The molecule has 0 aliphatic rings. The van der Waals surface area contributed by atoms with Gasteiger partial charge in [0, 0.05) is 23.5 Å². The van der Waals surface area contributed by atoms with E-state index in [-0.39, 0.29) is 6.29 Å². The molecule has 0 aromatic carbocycles. The van der Waals surface area contributed by atoms with E-state index < -0.39 is 0 Å². The van der Waals surface area contributed by atoms with Crippen LogP contribution in [0, 0.1) is 6.92 Å². The minimum atomic E-state index is -0.264. The molecule has 1 aromatic rings. The molecule has 0 unspecified atom stereocenters. The Morgan fingerprint density at radius 3 is 2.40 bits per heavy atom. The van der Waals surface area contributed by atoms with E-state index >= 15 is 0 Å². The van der Waals surface area contributed by atoms with Crippen molar-refractivity contribution >= 4 is 11.3 Å². The number of thiophene rings is 1. The minimum Gasteiger partial charge on any atom is -0.487 e. The normalized spacial score (nSPS) is 10.9. The maximum atomic E-state index is 5.55. The van der Waals surface area contributed by atoms with Gasteiger partial charge in [-0.3, -0.25) is 0 Å². The van der Waals surface area contributed by atoms with Gasteiger partial charge in [-0.2, -0.15) is 0 Å². The fraction of sp³-hybridized carbons (Fsp3) is 0.636. The summed E-state index contributed by atoms with van der Waals surface area (Å²) in [7, 11) is 0. The summed E-state index contributed by atoms with van der Waals surface area (Å²) in [4.78, 5) is 1.24. The van der Waals surface area contributed by atoms with Gasteiger partial charge in [-0.05, 0) is 26.8 Å². The van der Waals surface area contributed by atoms with Gasteiger partial charge in [-0.1, -0.05) is 0 Å². The lowest BCUT2D eigenvalue weighted by Gasteiger charge is -2.16. The van der Waals surface area contributed by atoms with E-state index in [9.17, 15) is 0 Å². The summed E-state index contributed by atoms with van der Waals surface area (Å²) in [5.41, 5.74) is 0. The predicted octanol–water partition coefficient (Wildman–Crippen LogP) is 2.83. The molecule has 15 heavy (non-hydrogen) atoms. The summed E-state index contributed by atoms with van der Waals surface area (Å²) in [6.45, 7) is 7.66. The third-order valence-electron chi connectivity index (χ3n) is 1.80. The van der Waals surface area contributed by atoms with Crippen LogP contribution in [0.4, 0.5) is 0 Å². The highest BCUT2D eigenvalue weighted by Gasteiger charge is 2.09. The molecule has 0 fully saturated rings. The van der Waals surface area contributed by atoms with Crippen LogP contribution in [0.3, 0.4) is 0 Å². The van der Waals surface area contributed by atoms with Gasteiger partial charge >= 0.3 is 0 Å². The van der Waals surface area contributed by atoms with Crippen molar-refractivity contribution in [2.75, 3.05) is 19.8 Å². The largest absolute Gasteiger partial charge is 0.487 e. The van der Waals surface area contributed by atoms with Crippen molar-refractivity contribution in [1.82, 2.24) is 0 Å². The first-order chi connectivity index (χ1) is 7.26. The molecule has 1 rings (SSSR count). The Morgan fingerprint density at radius 2 is 1.93 bits per heavy atom. The van der Waals surface area contributed by atoms with Crippen LogP contribution < -0.4 is 4.74 Å². The molecular formula is C11H18O3S. The molecule has 0 amide bonds. The van der Waals surface area contributed by atoms with Gasteiger partial charge in [0.1, 0.15) is 12.4 Å². The van der Waals surface area contributed by atoms with Crippen molar-refractivity contribution in [2.45, 2.75) is 27.1 Å². The first kappa shape index (κ1) is 12.5. The molecule has 0 spiro atoms. The maximum absolute atomic E-state index is 5.55. The summed E-state index contributed by atoms with van der Waals surface area (Å²) in [5.74, 6) is 0.891. The van der Waals surface area contributed by atoms with Crippen LogP contribution in [0.2, 0.25) is 0 Å². The lowest BCUT2D eigenvalue weighted by atomic mass is 10.5. The molecule has 0 saturated carbocycles. The topological polar surface area (TPSA) is 27.7 Å². The van der Waals surface area contributed by atoms with Crippen molar-refractivity contribution < 1.29 is 14.2 Å². The van der Waals surface area contributed by atoms with Crippen LogP contribution in [0.1, 0.15) is 18.7 Å². The van der Waals surface area contributed by atoms with Crippen molar-refractivity contribution in [3.63, 3.8) is 0 Å². The van der Waals surface area contributed by atoms with Crippen LogP contribution in [-0.4, -0.2) is 26.1 Å². The van der Waals surface area contributed by atoms with Gasteiger partial charge in [-0.25, -0.2) is 0 Å². The summed E-state index contributed by atoms with van der Waals surface area (Å²) < 4.78 is 16.3. The SMILES string of the molecule is CCOC(COc1csc(C)c1)OCC. The maximum Gasteiger partial charge on any atom is 0.191 e. The fourth-order valence-electron chi connectivity index (χ4n) is 1.18. The second kappa shape index (κ2) is 6.82. The Morgan fingerprint density at radius 1 is 1.27 bits per heavy atom. The van der Waals surface area contributed by atoms with Crippen LogP contribution in [-0.2, 0) is 9.47 Å². The monoisotopic (exact) mass is 230 g/mol. The molecule has 4 heteroatoms. The summed E-state index contributed by atoms with van der Waals surface area (Å²) in [6.07, 6.45) is -0.264. The molecule has 0 saturated heterocycles. The van der Waals surface area contributed by atoms with Crippen molar-refractivity contribution in [2.24, 2.45) is 0 Å². The molecule has 0 atom stereocenters. The second-order valence-corrected chi connectivity index (χ2v) is 4.16. The van der Waals surface area contributed by atoms with E-state index in [1.54, 1.807) is 11.3 Å². The first-order valence-electron chi connectivity index (χ1n) is 5.17. The fourth-order valence-corrected chi connectivity index (χ4v) is 1.80. The number of rotatable bonds is 7. The number of hydrogen-bond donors (Lipinski definition) is 0. The first-order valence-corrected chi connectivity index (χ1v) is 6.05. The molecule has 0 aliphatic carbocycles. The molecule has 1 heterocycles. The lowest BCUT2D eigenvalue weighted by molar-refractivity contribution is -0.152. The molecule has 0 aliphatic heterocycles.